The van der Waals surface area contributed by atoms with Crippen LogP contribution in [-0.2, 0) is 13.2 Å². The van der Waals surface area contributed by atoms with E-state index < -0.39 is 0 Å². The van der Waals surface area contributed by atoms with Crippen molar-refractivity contribution in [1.82, 2.24) is 14.7 Å². The number of thiazole rings is 1. The third-order valence-electron chi connectivity index (χ3n) is 2.84. The maximum atomic E-state index is 13.5. The molecule has 0 spiro atoms. The summed E-state index contributed by atoms with van der Waals surface area (Å²) in [6.07, 6.45) is 3.86. The maximum absolute atomic E-state index is 13.5. The Kier molecular flexibility index (Phi) is 3.66. The largest absolute Gasteiger partial charge is 0.487 e. The second kappa shape index (κ2) is 5.60. The fraction of sp³-hybridized carbons (Fsp3) is 0.214. The van der Waals surface area contributed by atoms with Gasteiger partial charge in [-0.05, 0) is 24.7 Å². The summed E-state index contributed by atoms with van der Waals surface area (Å²) in [5.74, 6) is 0.227. The van der Waals surface area contributed by atoms with Gasteiger partial charge in [0.15, 0.2) is 4.96 Å². The topological polar surface area (TPSA) is 38.6 Å². The molecule has 0 aliphatic rings. The third kappa shape index (κ3) is 2.81. The van der Waals surface area contributed by atoms with Gasteiger partial charge in [0.2, 0.25) is 0 Å². The van der Waals surface area contributed by atoms with Gasteiger partial charge in [0, 0.05) is 30.4 Å². The van der Waals surface area contributed by atoms with E-state index in [0.717, 1.165) is 16.2 Å². The summed E-state index contributed by atoms with van der Waals surface area (Å²) in [5, 5.41) is 4.97. The number of halogens is 1. The molecule has 1 aromatic carbocycles. The number of benzene rings is 1. The molecular weight excluding hydrogens is 277 g/mol. The van der Waals surface area contributed by atoms with E-state index in [1.165, 1.54) is 12.1 Å². The van der Waals surface area contributed by atoms with Crippen LogP contribution in [0, 0.1) is 5.82 Å². The zero-order valence-corrected chi connectivity index (χ0v) is 11.8. The molecule has 0 fully saturated rings. The number of ether oxygens (including phenoxy) is 1. The summed E-state index contributed by atoms with van der Waals surface area (Å²) in [6, 6.07) is 4.71. The van der Waals surface area contributed by atoms with Crippen molar-refractivity contribution in [3.63, 3.8) is 0 Å². The van der Waals surface area contributed by atoms with Crippen LogP contribution in [0.15, 0.2) is 36.0 Å². The fourth-order valence-electron chi connectivity index (χ4n) is 2.01. The number of rotatable bonds is 5. The van der Waals surface area contributed by atoms with Crippen molar-refractivity contribution < 1.29 is 9.13 Å². The summed E-state index contributed by atoms with van der Waals surface area (Å²) >= 11 is 1.57. The number of imidazole rings is 1. The van der Waals surface area contributed by atoms with Gasteiger partial charge in [-0.3, -0.25) is 4.40 Å². The van der Waals surface area contributed by atoms with Gasteiger partial charge >= 0.3 is 0 Å². The van der Waals surface area contributed by atoms with E-state index in [9.17, 15) is 4.39 Å². The molecule has 0 saturated heterocycles. The molecule has 4 nitrogen and oxygen atoms in total. The molecule has 2 aromatic heterocycles. The minimum atomic E-state index is -0.293. The Morgan fingerprint density at radius 3 is 3.10 bits per heavy atom. The Labute approximate surface area is 119 Å². The Hall–Kier alpha value is -1.92. The molecule has 1 N–H and O–H groups in total. The van der Waals surface area contributed by atoms with Gasteiger partial charge in [-0.25, -0.2) is 9.37 Å². The van der Waals surface area contributed by atoms with E-state index in [4.69, 9.17) is 4.74 Å². The number of hydrogen-bond acceptors (Lipinski definition) is 4. The van der Waals surface area contributed by atoms with E-state index >= 15 is 0 Å². The first-order valence-corrected chi connectivity index (χ1v) is 7.10. The van der Waals surface area contributed by atoms with E-state index in [1.807, 2.05) is 35.3 Å². The zero-order valence-electron chi connectivity index (χ0n) is 11.0. The smallest absolute Gasteiger partial charge is 0.193 e. The number of nitrogens with one attached hydrogen (secondary N) is 1. The van der Waals surface area contributed by atoms with Crippen LogP contribution in [0.1, 0.15) is 11.3 Å². The van der Waals surface area contributed by atoms with Crippen molar-refractivity contribution in [2.24, 2.45) is 0 Å². The fourth-order valence-corrected chi connectivity index (χ4v) is 2.73. The van der Waals surface area contributed by atoms with Gasteiger partial charge < -0.3 is 10.1 Å². The minimum absolute atomic E-state index is 0.293. The zero-order chi connectivity index (χ0) is 13.9. The standard InChI is InChI=1S/C14H14FN3OS/c1-16-7-10-4-11(15)6-13(5-10)19-9-12-8-18-2-3-20-14(18)17-12/h2-6,8,16H,7,9H2,1H3. The first-order chi connectivity index (χ1) is 9.74. The lowest BCUT2D eigenvalue weighted by Gasteiger charge is -2.07. The molecular formula is C14H14FN3OS. The molecule has 0 saturated carbocycles. The SMILES string of the molecule is CNCc1cc(F)cc(OCc2cn3ccsc3n2)c1. The predicted octanol–water partition coefficient (Wildman–Crippen LogP) is 2.83. The average Bonchev–Trinajstić information content (AvgIpc) is 2.96. The molecule has 0 unspecified atom stereocenters. The Morgan fingerprint density at radius 1 is 1.40 bits per heavy atom. The quantitative estimate of drug-likeness (QED) is 0.785. The van der Waals surface area contributed by atoms with Crippen molar-refractivity contribution in [3.8, 4) is 5.75 Å². The first-order valence-electron chi connectivity index (χ1n) is 6.22. The molecule has 3 aromatic rings. The van der Waals surface area contributed by atoms with Crippen LogP contribution in [0.3, 0.4) is 0 Å². The second-order valence-corrected chi connectivity index (χ2v) is 5.31. The highest BCUT2D eigenvalue weighted by Gasteiger charge is 2.05. The summed E-state index contributed by atoms with van der Waals surface area (Å²) in [4.78, 5) is 5.35. The molecule has 0 atom stereocenters. The van der Waals surface area contributed by atoms with Crippen molar-refractivity contribution in [2.75, 3.05) is 7.05 Å². The average molecular weight is 291 g/mol. The maximum Gasteiger partial charge on any atom is 0.193 e. The van der Waals surface area contributed by atoms with Crippen molar-refractivity contribution in [3.05, 3.63) is 53.0 Å². The molecule has 6 heteroatoms. The molecule has 3 rings (SSSR count). The van der Waals surface area contributed by atoms with Crippen LogP contribution in [-0.4, -0.2) is 16.4 Å². The lowest BCUT2D eigenvalue weighted by molar-refractivity contribution is 0.300. The third-order valence-corrected chi connectivity index (χ3v) is 3.61. The molecule has 0 radical (unpaired) electrons. The number of hydrogen-bond donors (Lipinski definition) is 1. The highest BCUT2D eigenvalue weighted by Crippen LogP contribution is 2.18. The highest BCUT2D eigenvalue weighted by molar-refractivity contribution is 7.15. The Morgan fingerprint density at radius 2 is 2.30 bits per heavy atom. The summed E-state index contributed by atoms with van der Waals surface area (Å²) < 4.78 is 21.0. The number of nitrogens with zero attached hydrogens (tertiary/aromatic N) is 2. The Bertz CT molecular complexity index is 694. The van der Waals surface area contributed by atoms with Crippen LogP contribution in [0.4, 0.5) is 4.39 Å². The highest BCUT2D eigenvalue weighted by atomic mass is 32.1. The van der Waals surface area contributed by atoms with Gasteiger partial charge in [0.1, 0.15) is 18.2 Å². The van der Waals surface area contributed by atoms with E-state index in [1.54, 1.807) is 11.3 Å². The van der Waals surface area contributed by atoms with Crippen LogP contribution in [0.2, 0.25) is 0 Å². The monoisotopic (exact) mass is 291 g/mol. The second-order valence-electron chi connectivity index (χ2n) is 4.44. The number of fused-ring (bicyclic) bond motifs is 1. The molecule has 0 amide bonds. The van der Waals surface area contributed by atoms with Gasteiger partial charge in [-0.1, -0.05) is 0 Å². The van der Waals surface area contributed by atoms with Gasteiger partial charge in [-0.2, -0.15) is 0 Å². The molecule has 104 valence electrons. The van der Waals surface area contributed by atoms with E-state index in [0.29, 0.717) is 18.9 Å². The normalized spacial score (nSPS) is 11.1. The predicted molar refractivity (Wildman–Crippen MR) is 76.6 cm³/mol. The van der Waals surface area contributed by atoms with Crippen molar-refractivity contribution >= 4 is 16.3 Å². The van der Waals surface area contributed by atoms with Crippen LogP contribution >= 0.6 is 11.3 Å². The molecule has 0 aliphatic heterocycles. The summed E-state index contributed by atoms with van der Waals surface area (Å²) in [7, 11) is 1.82. The lowest BCUT2D eigenvalue weighted by Crippen LogP contribution is -2.06. The first kappa shape index (κ1) is 13.1. The molecule has 20 heavy (non-hydrogen) atoms. The lowest BCUT2D eigenvalue weighted by atomic mass is 10.2. The van der Waals surface area contributed by atoms with Crippen molar-refractivity contribution in [2.45, 2.75) is 13.2 Å². The van der Waals surface area contributed by atoms with Crippen molar-refractivity contribution in [1.29, 1.82) is 0 Å². The molecule has 0 bridgehead atoms. The van der Waals surface area contributed by atoms with Crippen LogP contribution in [0.25, 0.3) is 4.96 Å². The minimum Gasteiger partial charge on any atom is -0.487 e. The van der Waals surface area contributed by atoms with E-state index in [-0.39, 0.29) is 5.82 Å². The van der Waals surface area contributed by atoms with Crippen LogP contribution < -0.4 is 10.1 Å². The van der Waals surface area contributed by atoms with Gasteiger partial charge in [-0.15, -0.1) is 11.3 Å². The van der Waals surface area contributed by atoms with Gasteiger partial charge in [0.25, 0.3) is 0 Å². The van der Waals surface area contributed by atoms with Crippen LogP contribution in [0.5, 0.6) is 5.75 Å². The number of aromatic nitrogens is 2. The molecule has 0 aliphatic carbocycles. The summed E-state index contributed by atoms with van der Waals surface area (Å²) in [6.45, 7) is 0.936. The van der Waals surface area contributed by atoms with E-state index in [2.05, 4.69) is 10.3 Å². The molecule has 2 heterocycles. The van der Waals surface area contributed by atoms with Gasteiger partial charge in [0.05, 0.1) is 5.69 Å². The Balaban J connectivity index is 1.72. The summed E-state index contributed by atoms with van der Waals surface area (Å²) in [5.41, 5.74) is 1.68.